The molecule has 3 nitrogen and oxygen atoms in total. The van der Waals surface area contributed by atoms with Gasteiger partial charge in [-0.25, -0.2) is 0 Å². The molecule has 1 rings (SSSR count). The number of hydrogen-bond donors (Lipinski definition) is 2. The Hall–Kier alpha value is -0.570. The Kier molecular flexibility index (Phi) is 1.68. The molecule has 10 heavy (non-hydrogen) atoms. The molecular formula is C7H12O3. The summed E-state index contributed by atoms with van der Waals surface area (Å²) in [4.78, 5) is 10.6. The Labute approximate surface area is 59.7 Å². The van der Waals surface area contributed by atoms with E-state index in [1.54, 1.807) is 6.92 Å². The van der Waals surface area contributed by atoms with Gasteiger partial charge in [-0.05, 0) is 26.2 Å². The first-order valence-electron chi connectivity index (χ1n) is 3.46. The van der Waals surface area contributed by atoms with Crippen LogP contribution in [-0.4, -0.2) is 22.3 Å². The molecule has 0 aromatic heterocycles. The first-order valence-corrected chi connectivity index (χ1v) is 3.46. The largest absolute Gasteiger partial charge is 0.481 e. The Morgan fingerprint density at radius 2 is 2.30 bits per heavy atom. The van der Waals surface area contributed by atoms with Gasteiger partial charge in [0.15, 0.2) is 0 Å². The highest BCUT2D eigenvalue weighted by Gasteiger charge is 2.40. The molecule has 0 saturated heterocycles. The van der Waals surface area contributed by atoms with Gasteiger partial charge in [-0.1, -0.05) is 0 Å². The summed E-state index contributed by atoms with van der Waals surface area (Å²) in [6.45, 7) is 1.69. The number of aliphatic hydroxyl groups excluding tert-OH is 1. The highest BCUT2D eigenvalue weighted by atomic mass is 16.4. The lowest BCUT2D eigenvalue weighted by Crippen LogP contribution is -2.24. The second-order valence-corrected chi connectivity index (χ2v) is 3.26. The average molecular weight is 144 g/mol. The molecule has 1 aliphatic rings. The predicted octanol–water partition coefficient (Wildman–Crippen LogP) is 0.622. The van der Waals surface area contributed by atoms with Gasteiger partial charge in [0.05, 0.1) is 11.5 Å². The standard InChI is InChI=1S/C7H12O3/c1-7(6(9)10)3-2-5(8)4-7/h5,8H,2-4H2,1H3,(H,9,10)/t5-,7+/m1/s1. The van der Waals surface area contributed by atoms with Crippen molar-refractivity contribution in [1.29, 1.82) is 0 Å². The van der Waals surface area contributed by atoms with E-state index in [0.29, 0.717) is 19.3 Å². The smallest absolute Gasteiger partial charge is 0.309 e. The average Bonchev–Trinajstić information content (AvgIpc) is 2.13. The Balaban J connectivity index is 2.63. The van der Waals surface area contributed by atoms with Crippen LogP contribution >= 0.6 is 0 Å². The summed E-state index contributed by atoms with van der Waals surface area (Å²) in [5.41, 5.74) is -0.667. The molecule has 3 heteroatoms. The maximum Gasteiger partial charge on any atom is 0.309 e. The van der Waals surface area contributed by atoms with Gasteiger partial charge in [-0.15, -0.1) is 0 Å². The lowest BCUT2D eigenvalue weighted by atomic mass is 9.89. The molecule has 0 unspecified atom stereocenters. The molecular weight excluding hydrogens is 132 g/mol. The molecule has 0 bridgehead atoms. The summed E-state index contributed by atoms with van der Waals surface area (Å²) in [6, 6.07) is 0. The maximum absolute atomic E-state index is 10.6. The highest BCUT2D eigenvalue weighted by Crippen LogP contribution is 2.37. The Morgan fingerprint density at radius 3 is 2.50 bits per heavy atom. The molecule has 0 aromatic carbocycles. The van der Waals surface area contributed by atoms with Crippen molar-refractivity contribution in [3.8, 4) is 0 Å². The van der Waals surface area contributed by atoms with Crippen LogP contribution in [0, 0.1) is 5.41 Å². The molecule has 1 aliphatic carbocycles. The minimum atomic E-state index is -0.788. The Morgan fingerprint density at radius 1 is 1.70 bits per heavy atom. The van der Waals surface area contributed by atoms with Crippen molar-refractivity contribution < 1.29 is 15.0 Å². The van der Waals surface area contributed by atoms with Gasteiger partial charge in [0.2, 0.25) is 0 Å². The van der Waals surface area contributed by atoms with E-state index in [0.717, 1.165) is 0 Å². The van der Waals surface area contributed by atoms with Crippen molar-refractivity contribution in [2.24, 2.45) is 5.41 Å². The number of aliphatic carboxylic acids is 1. The molecule has 1 fully saturated rings. The number of carbonyl (C=O) groups is 1. The van der Waals surface area contributed by atoms with E-state index in [-0.39, 0.29) is 0 Å². The predicted molar refractivity (Wildman–Crippen MR) is 35.6 cm³/mol. The van der Waals surface area contributed by atoms with Crippen molar-refractivity contribution >= 4 is 5.97 Å². The fourth-order valence-corrected chi connectivity index (χ4v) is 1.40. The summed E-state index contributed by atoms with van der Waals surface area (Å²) in [6.07, 6.45) is 1.23. The van der Waals surface area contributed by atoms with Gasteiger partial charge in [-0.3, -0.25) is 4.79 Å². The summed E-state index contributed by atoms with van der Waals surface area (Å²) < 4.78 is 0. The molecule has 0 amide bonds. The molecule has 0 radical (unpaired) electrons. The quantitative estimate of drug-likeness (QED) is 0.567. The lowest BCUT2D eigenvalue weighted by Gasteiger charge is -2.16. The second kappa shape index (κ2) is 2.23. The minimum absolute atomic E-state index is 0.402. The summed E-state index contributed by atoms with van der Waals surface area (Å²) in [5, 5.41) is 17.7. The van der Waals surface area contributed by atoms with Crippen LogP contribution in [-0.2, 0) is 4.79 Å². The van der Waals surface area contributed by atoms with Gasteiger partial charge in [-0.2, -0.15) is 0 Å². The van der Waals surface area contributed by atoms with E-state index in [2.05, 4.69) is 0 Å². The van der Waals surface area contributed by atoms with Crippen LogP contribution in [0.15, 0.2) is 0 Å². The third kappa shape index (κ3) is 1.14. The number of carboxylic acid groups (broad SMARTS) is 1. The van der Waals surface area contributed by atoms with Crippen molar-refractivity contribution in [1.82, 2.24) is 0 Å². The van der Waals surface area contributed by atoms with Crippen molar-refractivity contribution in [2.45, 2.75) is 32.3 Å². The minimum Gasteiger partial charge on any atom is -0.481 e. The van der Waals surface area contributed by atoms with Gasteiger partial charge in [0.25, 0.3) is 0 Å². The number of carboxylic acids is 1. The zero-order valence-corrected chi connectivity index (χ0v) is 6.00. The molecule has 58 valence electrons. The second-order valence-electron chi connectivity index (χ2n) is 3.26. The van der Waals surface area contributed by atoms with E-state index < -0.39 is 17.5 Å². The highest BCUT2D eigenvalue weighted by molar-refractivity contribution is 5.74. The summed E-state index contributed by atoms with van der Waals surface area (Å²) in [5.74, 6) is -0.788. The number of rotatable bonds is 1. The summed E-state index contributed by atoms with van der Waals surface area (Å²) in [7, 11) is 0. The van der Waals surface area contributed by atoms with Crippen LogP contribution in [0.3, 0.4) is 0 Å². The van der Waals surface area contributed by atoms with Gasteiger partial charge in [0.1, 0.15) is 0 Å². The Bertz CT molecular complexity index is 155. The molecule has 1 saturated carbocycles. The topological polar surface area (TPSA) is 57.5 Å². The SMILES string of the molecule is C[C@]1(C(=O)O)CC[C@@H](O)C1. The third-order valence-corrected chi connectivity index (χ3v) is 2.23. The zero-order valence-electron chi connectivity index (χ0n) is 6.00. The molecule has 0 heterocycles. The molecule has 0 aliphatic heterocycles. The van der Waals surface area contributed by atoms with E-state index in [1.807, 2.05) is 0 Å². The summed E-state index contributed by atoms with van der Waals surface area (Å²) >= 11 is 0. The van der Waals surface area contributed by atoms with Crippen molar-refractivity contribution in [2.75, 3.05) is 0 Å². The van der Waals surface area contributed by atoms with Gasteiger partial charge < -0.3 is 10.2 Å². The molecule has 2 N–H and O–H groups in total. The van der Waals surface area contributed by atoms with E-state index >= 15 is 0 Å². The van der Waals surface area contributed by atoms with Crippen LogP contribution < -0.4 is 0 Å². The van der Waals surface area contributed by atoms with Crippen LogP contribution in [0.1, 0.15) is 26.2 Å². The fourth-order valence-electron chi connectivity index (χ4n) is 1.40. The van der Waals surface area contributed by atoms with Gasteiger partial charge in [0, 0.05) is 0 Å². The first-order chi connectivity index (χ1) is 4.54. The fraction of sp³-hybridized carbons (Fsp3) is 0.857. The zero-order chi connectivity index (χ0) is 7.78. The van der Waals surface area contributed by atoms with E-state index in [4.69, 9.17) is 10.2 Å². The van der Waals surface area contributed by atoms with Crippen LogP contribution in [0.25, 0.3) is 0 Å². The van der Waals surface area contributed by atoms with Crippen LogP contribution in [0.4, 0.5) is 0 Å². The molecule has 0 spiro atoms. The molecule has 0 aromatic rings. The lowest BCUT2D eigenvalue weighted by molar-refractivity contribution is -0.147. The normalized spacial score (nSPS) is 40.0. The maximum atomic E-state index is 10.6. The van der Waals surface area contributed by atoms with Crippen molar-refractivity contribution in [3.05, 3.63) is 0 Å². The van der Waals surface area contributed by atoms with E-state index in [9.17, 15) is 4.79 Å². The van der Waals surface area contributed by atoms with Gasteiger partial charge >= 0.3 is 5.97 Å². The number of hydrogen-bond acceptors (Lipinski definition) is 2. The first kappa shape index (κ1) is 7.54. The third-order valence-electron chi connectivity index (χ3n) is 2.23. The number of aliphatic hydroxyl groups is 1. The van der Waals surface area contributed by atoms with Crippen LogP contribution in [0.5, 0.6) is 0 Å². The molecule has 2 atom stereocenters. The monoisotopic (exact) mass is 144 g/mol. The van der Waals surface area contributed by atoms with E-state index in [1.165, 1.54) is 0 Å². The van der Waals surface area contributed by atoms with Crippen molar-refractivity contribution in [3.63, 3.8) is 0 Å². The van der Waals surface area contributed by atoms with Crippen LogP contribution in [0.2, 0.25) is 0 Å².